The Balaban J connectivity index is 1.34. The Bertz CT molecular complexity index is 2050. The third kappa shape index (κ3) is 6.53. The lowest BCUT2D eigenvalue weighted by Gasteiger charge is -2.39. The normalized spacial score (nSPS) is 11.9. The molecule has 0 aliphatic rings. The van der Waals surface area contributed by atoms with Crippen molar-refractivity contribution in [3.63, 3.8) is 0 Å². The van der Waals surface area contributed by atoms with Gasteiger partial charge in [-0.25, -0.2) is 4.99 Å². The maximum absolute atomic E-state index is 13.2. The van der Waals surface area contributed by atoms with Crippen molar-refractivity contribution in [3.8, 4) is 0 Å². The largest absolute Gasteiger partial charge is 0.480 e. The quantitative estimate of drug-likeness (QED) is 0.110. The Kier molecular flexibility index (Phi) is 9.17. The lowest BCUT2D eigenvalue weighted by Crippen LogP contribution is -2.53. The molecule has 7 rings (SSSR count). The summed E-state index contributed by atoms with van der Waals surface area (Å²) in [4.78, 5) is 23.2. The van der Waals surface area contributed by atoms with Crippen LogP contribution in [0.3, 0.4) is 0 Å². The Hall–Kier alpha value is -6.17. The van der Waals surface area contributed by atoms with Gasteiger partial charge >= 0.3 is 5.97 Å². The molecule has 5 nitrogen and oxygen atoms in total. The summed E-state index contributed by atoms with van der Waals surface area (Å²) < 4.78 is 0. The highest BCUT2D eigenvalue weighted by atomic mass is 16.4. The predicted octanol–water partition coefficient (Wildman–Crippen LogP) is 8.98. The Morgan fingerprint density at radius 1 is 0.612 bits per heavy atom. The van der Waals surface area contributed by atoms with Gasteiger partial charge in [-0.1, -0.05) is 164 Å². The van der Waals surface area contributed by atoms with Crippen LogP contribution in [0.25, 0.3) is 10.9 Å². The monoisotopic (exact) mass is 637 g/mol. The molecule has 0 aliphatic heterocycles. The van der Waals surface area contributed by atoms with Crippen LogP contribution in [-0.4, -0.2) is 27.8 Å². The van der Waals surface area contributed by atoms with Crippen molar-refractivity contribution < 1.29 is 9.90 Å². The molecule has 2 N–H and O–H groups in total. The van der Waals surface area contributed by atoms with Crippen molar-refractivity contribution in [2.24, 2.45) is 4.99 Å². The molecule has 1 heterocycles. The molecule has 0 spiro atoms. The number of fused-ring (bicyclic) bond motifs is 1. The molecular weight excluding hydrogens is 603 g/mol. The zero-order valence-corrected chi connectivity index (χ0v) is 26.9. The molecule has 7 aromatic rings. The van der Waals surface area contributed by atoms with E-state index in [2.05, 4.69) is 66.0 Å². The van der Waals surface area contributed by atoms with Gasteiger partial charge < -0.3 is 5.11 Å². The molecule has 0 fully saturated rings. The fourth-order valence-corrected chi connectivity index (χ4v) is 6.59. The number of aliphatic imine (C=N–C) groups is 1. The molecule has 0 amide bonds. The number of benzene rings is 6. The maximum atomic E-state index is 13.2. The number of carboxylic acids is 1. The number of carboxylic acid groups (broad SMARTS) is 1. The molecule has 0 aliphatic carbocycles. The third-order valence-electron chi connectivity index (χ3n) is 8.90. The van der Waals surface area contributed by atoms with E-state index in [0.717, 1.165) is 44.5 Å². The lowest BCUT2D eigenvalue weighted by molar-refractivity contribution is -0.139. The van der Waals surface area contributed by atoms with E-state index in [9.17, 15) is 9.90 Å². The summed E-state index contributed by atoms with van der Waals surface area (Å²) >= 11 is 0. The second-order valence-electron chi connectivity index (χ2n) is 11.9. The minimum atomic E-state index is -0.956. The maximum Gasteiger partial charge on any atom is 0.321 e. The van der Waals surface area contributed by atoms with E-state index < -0.39 is 17.6 Å². The van der Waals surface area contributed by atoms with Crippen LogP contribution in [0.1, 0.15) is 33.4 Å². The number of rotatable bonds is 11. The van der Waals surface area contributed by atoms with Crippen LogP contribution in [0.2, 0.25) is 0 Å². The fourth-order valence-electron chi connectivity index (χ4n) is 6.59. The highest BCUT2D eigenvalue weighted by Gasteiger charge is 2.40. The number of pyridine rings is 1. The molecule has 1 unspecified atom stereocenters. The van der Waals surface area contributed by atoms with E-state index in [-0.39, 0.29) is 6.42 Å². The highest BCUT2D eigenvalue weighted by molar-refractivity contribution is 6.14. The molecular formula is C44H35N3O2. The molecule has 0 radical (unpaired) electrons. The summed E-state index contributed by atoms with van der Waals surface area (Å²) in [5, 5.41) is 15.4. The van der Waals surface area contributed by atoms with Gasteiger partial charge in [0.05, 0.1) is 22.5 Å². The summed E-state index contributed by atoms with van der Waals surface area (Å²) in [7, 11) is 0. The van der Waals surface area contributed by atoms with Crippen LogP contribution in [-0.2, 0) is 16.8 Å². The van der Waals surface area contributed by atoms with Gasteiger partial charge in [0.25, 0.3) is 0 Å². The van der Waals surface area contributed by atoms with Crippen molar-refractivity contribution in [1.82, 2.24) is 10.3 Å². The van der Waals surface area contributed by atoms with Crippen LogP contribution in [0.4, 0.5) is 5.69 Å². The van der Waals surface area contributed by atoms with Gasteiger partial charge in [-0.3, -0.25) is 15.1 Å². The Morgan fingerprint density at radius 3 is 1.55 bits per heavy atom. The standard InChI is InChI=1S/C44H35N3O2/c48-43(49)40(47-44(35-21-10-3-11-22-35,36-23-12-4-13-24-36)37-25-14-5-15-26-37)31-34-28-29-39(42-38(34)27-16-30-45-42)46-41(32-17-6-1-7-18-32)33-19-8-2-9-20-33/h1-30,40,47H,31H2,(H,48,49). The predicted molar refractivity (Wildman–Crippen MR) is 197 cm³/mol. The number of carbonyl (C=O) groups is 1. The average Bonchev–Trinajstić information content (AvgIpc) is 3.17. The average molecular weight is 638 g/mol. The van der Waals surface area contributed by atoms with Crippen molar-refractivity contribution in [2.75, 3.05) is 0 Å². The first-order valence-electron chi connectivity index (χ1n) is 16.4. The molecule has 49 heavy (non-hydrogen) atoms. The van der Waals surface area contributed by atoms with Gasteiger partial charge in [0.15, 0.2) is 0 Å². The summed E-state index contributed by atoms with van der Waals surface area (Å²) in [6.07, 6.45) is 1.98. The molecule has 0 bridgehead atoms. The molecule has 0 saturated heterocycles. The molecule has 5 heteroatoms. The first-order valence-corrected chi connectivity index (χ1v) is 16.4. The second kappa shape index (κ2) is 14.3. The van der Waals surface area contributed by atoms with E-state index in [4.69, 9.17) is 9.98 Å². The van der Waals surface area contributed by atoms with Crippen molar-refractivity contribution in [3.05, 3.63) is 216 Å². The first-order chi connectivity index (χ1) is 24.1. The minimum Gasteiger partial charge on any atom is -0.480 e. The van der Waals surface area contributed by atoms with Crippen LogP contribution in [0.15, 0.2) is 187 Å². The molecule has 6 aromatic carbocycles. The van der Waals surface area contributed by atoms with Crippen LogP contribution >= 0.6 is 0 Å². The van der Waals surface area contributed by atoms with Crippen molar-refractivity contribution in [2.45, 2.75) is 18.0 Å². The van der Waals surface area contributed by atoms with Crippen LogP contribution in [0.5, 0.6) is 0 Å². The zero-order valence-electron chi connectivity index (χ0n) is 26.9. The molecule has 0 saturated carbocycles. The lowest BCUT2D eigenvalue weighted by atomic mass is 9.76. The number of aliphatic carboxylic acids is 1. The number of hydrogen-bond acceptors (Lipinski definition) is 4. The topological polar surface area (TPSA) is 74.6 Å². The molecule has 1 aromatic heterocycles. The number of aromatic nitrogens is 1. The zero-order chi connectivity index (χ0) is 33.5. The van der Waals surface area contributed by atoms with Crippen LogP contribution in [0, 0.1) is 0 Å². The third-order valence-corrected chi connectivity index (χ3v) is 8.90. The van der Waals surface area contributed by atoms with E-state index in [1.165, 1.54) is 0 Å². The fraction of sp³-hybridized carbons (Fsp3) is 0.0682. The second-order valence-corrected chi connectivity index (χ2v) is 11.9. The van der Waals surface area contributed by atoms with E-state index in [0.29, 0.717) is 11.2 Å². The van der Waals surface area contributed by atoms with Crippen molar-refractivity contribution in [1.29, 1.82) is 0 Å². The summed E-state index contributed by atoms with van der Waals surface area (Å²) in [6.45, 7) is 0. The van der Waals surface area contributed by atoms with Crippen molar-refractivity contribution >= 4 is 28.3 Å². The summed E-state index contributed by atoms with van der Waals surface area (Å²) in [5.41, 5.74) is 7.04. The smallest absolute Gasteiger partial charge is 0.321 e. The number of nitrogens with one attached hydrogen (secondary N) is 1. The highest BCUT2D eigenvalue weighted by Crippen LogP contribution is 2.38. The molecule has 1 atom stereocenters. The summed E-state index contributed by atoms with van der Waals surface area (Å²) in [6, 6.07) is 57.3. The van der Waals surface area contributed by atoms with Gasteiger partial charge in [-0.2, -0.15) is 0 Å². The van der Waals surface area contributed by atoms with E-state index in [1.807, 2.05) is 115 Å². The first kappa shape index (κ1) is 31.4. The SMILES string of the molecule is O=C(O)C(Cc1ccc(N=C(c2ccccc2)c2ccccc2)c2ncccc12)NC(c1ccccc1)(c1ccccc1)c1ccccc1. The van der Waals surface area contributed by atoms with Gasteiger partial charge in [-0.15, -0.1) is 0 Å². The van der Waals surface area contributed by atoms with Gasteiger partial charge in [0.2, 0.25) is 0 Å². The van der Waals surface area contributed by atoms with Gasteiger partial charge in [-0.05, 0) is 40.8 Å². The van der Waals surface area contributed by atoms with Crippen LogP contribution < -0.4 is 5.32 Å². The van der Waals surface area contributed by atoms with E-state index >= 15 is 0 Å². The Labute approximate surface area is 286 Å². The number of hydrogen-bond donors (Lipinski definition) is 2. The molecule has 238 valence electrons. The number of nitrogens with zero attached hydrogens (tertiary/aromatic N) is 2. The minimum absolute atomic E-state index is 0.222. The van der Waals surface area contributed by atoms with E-state index in [1.54, 1.807) is 6.20 Å². The summed E-state index contributed by atoms with van der Waals surface area (Å²) in [5.74, 6) is -0.943. The van der Waals surface area contributed by atoms with Gasteiger partial charge in [0, 0.05) is 22.7 Å². The van der Waals surface area contributed by atoms with Gasteiger partial charge in [0.1, 0.15) is 6.04 Å². The Morgan fingerprint density at radius 2 is 1.08 bits per heavy atom.